The van der Waals surface area contributed by atoms with Crippen LogP contribution < -0.4 is 5.32 Å². The van der Waals surface area contributed by atoms with Gasteiger partial charge in [0.1, 0.15) is 12.4 Å². The van der Waals surface area contributed by atoms with Gasteiger partial charge in [0, 0.05) is 13.2 Å². The van der Waals surface area contributed by atoms with E-state index in [4.69, 9.17) is 9.47 Å². The SMILES string of the molecule is CC(=O)C(N=CNc1ccc(C2CCOCC2)cc1F)C(=O)COCc1ccccc1. The first-order valence-corrected chi connectivity index (χ1v) is 10.3. The highest BCUT2D eigenvalue weighted by molar-refractivity contribution is 6.07. The topological polar surface area (TPSA) is 77.0 Å². The molecule has 0 saturated carbocycles. The zero-order valence-electron chi connectivity index (χ0n) is 17.6. The van der Waals surface area contributed by atoms with Crippen molar-refractivity contribution in [1.29, 1.82) is 0 Å². The Morgan fingerprint density at radius 3 is 2.65 bits per heavy atom. The molecule has 1 fully saturated rings. The molecule has 1 saturated heterocycles. The van der Waals surface area contributed by atoms with E-state index in [-0.39, 0.29) is 18.9 Å². The Kier molecular flexibility index (Phi) is 8.44. The minimum Gasteiger partial charge on any atom is -0.381 e. The molecule has 31 heavy (non-hydrogen) atoms. The highest BCUT2D eigenvalue weighted by Crippen LogP contribution is 2.29. The van der Waals surface area contributed by atoms with Crippen LogP contribution in [0.25, 0.3) is 0 Å². The van der Waals surface area contributed by atoms with Crippen LogP contribution in [-0.4, -0.2) is 43.8 Å². The highest BCUT2D eigenvalue weighted by Gasteiger charge is 2.22. The molecular weight excluding hydrogens is 399 g/mol. The van der Waals surface area contributed by atoms with Gasteiger partial charge in [0.05, 0.1) is 18.6 Å². The van der Waals surface area contributed by atoms with Crippen molar-refractivity contribution >= 4 is 23.6 Å². The molecule has 0 aliphatic carbocycles. The maximum atomic E-state index is 14.5. The van der Waals surface area contributed by atoms with E-state index in [0.29, 0.717) is 19.1 Å². The predicted octanol–water partition coefficient (Wildman–Crippen LogP) is 3.90. The van der Waals surface area contributed by atoms with E-state index < -0.39 is 23.4 Å². The van der Waals surface area contributed by atoms with Gasteiger partial charge in [-0.1, -0.05) is 36.4 Å². The number of halogens is 1. The molecule has 1 unspecified atom stereocenters. The second-order valence-corrected chi connectivity index (χ2v) is 7.51. The number of ether oxygens (including phenoxy) is 2. The number of rotatable bonds is 10. The van der Waals surface area contributed by atoms with Crippen molar-refractivity contribution in [3.05, 3.63) is 65.5 Å². The largest absolute Gasteiger partial charge is 0.381 e. The number of nitrogens with zero attached hydrogens (tertiary/aromatic N) is 1. The van der Waals surface area contributed by atoms with Gasteiger partial charge in [0.25, 0.3) is 0 Å². The van der Waals surface area contributed by atoms with Crippen LogP contribution >= 0.6 is 0 Å². The molecule has 1 aliphatic heterocycles. The monoisotopic (exact) mass is 426 g/mol. The number of aliphatic imine (C=N–C) groups is 1. The summed E-state index contributed by atoms with van der Waals surface area (Å²) >= 11 is 0. The predicted molar refractivity (Wildman–Crippen MR) is 117 cm³/mol. The van der Waals surface area contributed by atoms with Gasteiger partial charge in [-0.25, -0.2) is 4.39 Å². The number of carbonyl (C=O) groups is 2. The van der Waals surface area contributed by atoms with Crippen molar-refractivity contribution in [1.82, 2.24) is 0 Å². The van der Waals surface area contributed by atoms with Gasteiger partial charge >= 0.3 is 0 Å². The molecule has 0 radical (unpaired) electrons. The molecule has 164 valence electrons. The number of Topliss-reactive ketones (excluding diaryl/α,β-unsaturated/α-hetero) is 2. The zero-order valence-corrected chi connectivity index (χ0v) is 17.6. The lowest BCUT2D eigenvalue weighted by molar-refractivity contribution is -0.130. The van der Waals surface area contributed by atoms with E-state index in [1.807, 2.05) is 36.4 Å². The summed E-state index contributed by atoms with van der Waals surface area (Å²) in [4.78, 5) is 28.2. The van der Waals surface area contributed by atoms with Crippen LogP contribution in [0.5, 0.6) is 0 Å². The van der Waals surface area contributed by atoms with Gasteiger partial charge in [-0.3, -0.25) is 14.6 Å². The lowest BCUT2D eigenvalue weighted by atomic mass is 9.91. The lowest BCUT2D eigenvalue weighted by Gasteiger charge is -2.22. The average Bonchev–Trinajstić information content (AvgIpc) is 2.78. The number of hydrogen-bond donors (Lipinski definition) is 1. The summed E-state index contributed by atoms with van der Waals surface area (Å²) in [7, 11) is 0. The average molecular weight is 426 g/mol. The fraction of sp³-hybridized carbons (Fsp3) is 0.375. The maximum absolute atomic E-state index is 14.5. The summed E-state index contributed by atoms with van der Waals surface area (Å²) in [6.45, 7) is 2.71. The van der Waals surface area contributed by atoms with Crippen LogP contribution in [0.1, 0.15) is 36.8 Å². The molecule has 6 nitrogen and oxygen atoms in total. The van der Waals surface area contributed by atoms with Crippen molar-refractivity contribution < 1.29 is 23.5 Å². The van der Waals surface area contributed by atoms with Gasteiger partial charge in [-0.05, 0) is 48.9 Å². The quantitative estimate of drug-likeness (QED) is 0.354. The van der Waals surface area contributed by atoms with Crippen LogP contribution in [0.3, 0.4) is 0 Å². The standard InChI is InChI=1S/C24H27FN2O4/c1-17(28)24(23(29)15-31-14-18-5-3-2-4-6-18)27-16-26-22-8-7-20(13-21(22)25)19-9-11-30-12-10-19/h2-8,13,16,19,24H,9-12,14-15H2,1H3,(H,26,27). The van der Waals surface area contributed by atoms with Crippen LogP contribution in [0.4, 0.5) is 10.1 Å². The first-order valence-electron chi connectivity index (χ1n) is 10.3. The van der Waals surface area contributed by atoms with Gasteiger partial charge in [0.15, 0.2) is 17.6 Å². The number of anilines is 1. The smallest absolute Gasteiger partial charge is 0.190 e. The van der Waals surface area contributed by atoms with Gasteiger partial charge in [-0.2, -0.15) is 0 Å². The Bertz CT molecular complexity index is 911. The van der Waals surface area contributed by atoms with E-state index in [0.717, 1.165) is 24.0 Å². The van der Waals surface area contributed by atoms with E-state index in [9.17, 15) is 14.0 Å². The summed E-state index contributed by atoms with van der Waals surface area (Å²) in [6.07, 6.45) is 2.94. The van der Waals surface area contributed by atoms with Crippen LogP contribution in [0.15, 0.2) is 53.5 Å². The molecular formula is C24H27FN2O4. The highest BCUT2D eigenvalue weighted by atomic mass is 19.1. The summed E-state index contributed by atoms with van der Waals surface area (Å²) in [5.74, 6) is -0.965. The Hall–Kier alpha value is -2.90. The molecule has 1 N–H and O–H groups in total. The van der Waals surface area contributed by atoms with Crippen molar-refractivity contribution in [3.8, 4) is 0 Å². The molecule has 2 aromatic carbocycles. The first-order chi connectivity index (χ1) is 15.0. The molecule has 3 rings (SSSR count). The minimum absolute atomic E-state index is 0.231. The van der Waals surface area contributed by atoms with Crippen molar-refractivity contribution in [2.45, 2.75) is 38.3 Å². The molecule has 1 aliphatic rings. The molecule has 1 atom stereocenters. The van der Waals surface area contributed by atoms with Crippen LogP contribution in [0, 0.1) is 5.82 Å². The number of benzene rings is 2. The second-order valence-electron chi connectivity index (χ2n) is 7.51. The Balaban J connectivity index is 1.54. The fourth-order valence-electron chi connectivity index (χ4n) is 3.45. The number of hydrogen-bond acceptors (Lipinski definition) is 5. The van der Waals surface area contributed by atoms with E-state index in [1.54, 1.807) is 6.07 Å². The second kappa shape index (κ2) is 11.5. The van der Waals surface area contributed by atoms with Crippen molar-refractivity contribution in [2.75, 3.05) is 25.1 Å². The summed E-state index contributed by atoms with van der Waals surface area (Å²) in [5, 5.41) is 2.73. The third-order valence-electron chi connectivity index (χ3n) is 5.18. The lowest BCUT2D eigenvalue weighted by Crippen LogP contribution is -2.30. The number of nitrogens with one attached hydrogen (secondary N) is 1. The Labute approximate surface area is 181 Å². The molecule has 0 spiro atoms. The molecule has 7 heteroatoms. The minimum atomic E-state index is -1.19. The maximum Gasteiger partial charge on any atom is 0.190 e. The molecule has 0 amide bonds. The third-order valence-corrected chi connectivity index (χ3v) is 5.18. The van der Waals surface area contributed by atoms with E-state index in [2.05, 4.69) is 10.3 Å². The van der Waals surface area contributed by atoms with E-state index >= 15 is 0 Å². The van der Waals surface area contributed by atoms with Crippen molar-refractivity contribution in [2.24, 2.45) is 4.99 Å². The van der Waals surface area contributed by atoms with E-state index in [1.165, 1.54) is 19.3 Å². The number of ketones is 2. The van der Waals surface area contributed by atoms with Crippen LogP contribution in [-0.2, 0) is 25.7 Å². The Morgan fingerprint density at radius 2 is 1.97 bits per heavy atom. The van der Waals surface area contributed by atoms with Crippen molar-refractivity contribution in [3.63, 3.8) is 0 Å². The number of carbonyl (C=O) groups excluding carboxylic acids is 2. The molecule has 0 bridgehead atoms. The summed E-state index contributed by atoms with van der Waals surface area (Å²) in [6, 6.07) is 13.3. The summed E-state index contributed by atoms with van der Waals surface area (Å²) in [5.41, 5.74) is 2.10. The Morgan fingerprint density at radius 1 is 1.23 bits per heavy atom. The van der Waals surface area contributed by atoms with Crippen LogP contribution in [0.2, 0.25) is 0 Å². The fourth-order valence-corrected chi connectivity index (χ4v) is 3.45. The van der Waals surface area contributed by atoms with Gasteiger partial charge in [-0.15, -0.1) is 0 Å². The van der Waals surface area contributed by atoms with Gasteiger partial charge < -0.3 is 14.8 Å². The molecule has 1 heterocycles. The summed E-state index contributed by atoms with van der Waals surface area (Å²) < 4.78 is 25.2. The molecule has 0 aromatic heterocycles. The zero-order chi connectivity index (χ0) is 22.1. The third kappa shape index (κ3) is 6.80. The first kappa shape index (κ1) is 22.8. The normalized spacial score (nSPS) is 15.7. The molecule has 2 aromatic rings. The van der Waals surface area contributed by atoms with Gasteiger partial charge in [0.2, 0.25) is 0 Å².